The second-order valence-corrected chi connectivity index (χ2v) is 4.63. The molecule has 3 rings (SSSR count). The van der Waals surface area contributed by atoms with Crippen LogP contribution in [0.3, 0.4) is 0 Å². The van der Waals surface area contributed by atoms with Gasteiger partial charge in [0.15, 0.2) is 5.96 Å². The van der Waals surface area contributed by atoms with Crippen LogP contribution in [0.5, 0.6) is 0 Å². The summed E-state index contributed by atoms with van der Waals surface area (Å²) in [7, 11) is 0. The minimum absolute atomic E-state index is 0.0969. The van der Waals surface area contributed by atoms with Gasteiger partial charge >= 0.3 is 0 Å². The number of nitrogens with zero attached hydrogens (tertiary/aromatic N) is 1. The molecule has 0 radical (unpaired) electrons. The number of rotatable bonds is 2. The molecule has 0 aromatic heterocycles. The van der Waals surface area contributed by atoms with Gasteiger partial charge in [-0.05, 0) is 24.5 Å². The first kappa shape index (κ1) is 10.6. The number of guanidine groups is 1. The lowest BCUT2D eigenvalue weighted by Crippen LogP contribution is -2.42. The summed E-state index contributed by atoms with van der Waals surface area (Å²) in [5.41, 5.74) is 0.821. The molecular weight excluding hydrogens is 217 g/mol. The molecule has 2 N–H and O–H groups in total. The smallest absolute Gasteiger partial charge is 0.191 e. The summed E-state index contributed by atoms with van der Waals surface area (Å²) >= 11 is 0. The predicted molar refractivity (Wildman–Crippen MR) is 65.6 cm³/mol. The van der Waals surface area contributed by atoms with Crippen molar-refractivity contribution < 1.29 is 4.39 Å². The number of hydrogen-bond donors (Lipinski definition) is 2. The molecule has 1 aromatic rings. The molecule has 0 amide bonds. The molecule has 3 nitrogen and oxygen atoms in total. The zero-order valence-corrected chi connectivity index (χ0v) is 9.62. The first-order valence-electron chi connectivity index (χ1n) is 6.14. The fourth-order valence-corrected chi connectivity index (χ4v) is 2.28. The lowest BCUT2D eigenvalue weighted by Gasteiger charge is -2.16. The Bertz CT molecular complexity index is 444. The van der Waals surface area contributed by atoms with Crippen LogP contribution in [0.1, 0.15) is 24.3 Å². The molecule has 17 heavy (non-hydrogen) atoms. The molecule has 0 saturated heterocycles. The van der Waals surface area contributed by atoms with Crippen LogP contribution >= 0.6 is 0 Å². The molecule has 0 bridgehead atoms. The highest BCUT2D eigenvalue weighted by Crippen LogP contribution is 2.41. The maximum atomic E-state index is 13.6. The summed E-state index contributed by atoms with van der Waals surface area (Å²) in [6, 6.07) is 7.36. The van der Waals surface area contributed by atoms with Crippen molar-refractivity contribution in [1.29, 1.82) is 0 Å². The molecule has 90 valence electrons. The Labute approximate surface area is 100 Å². The molecule has 4 heteroatoms. The summed E-state index contributed by atoms with van der Waals surface area (Å²) in [5.74, 6) is 1.07. The van der Waals surface area contributed by atoms with Crippen molar-refractivity contribution in [3.8, 4) is 0 Å². The summed E-state index contributed by atoms with van der Waals surface area (Å²) in [6.45, 7) is 1.86. The van der Waals surface area contributed by atoms with Gasteiger partial charge in [0.1, 0.15) is 5.82 Å². The molecular formula is C13H16FN3. The maximum Gasteiger partial charge on any atom is 0.191 e. The lowest BCUT2D eigenvalue weighted by molar-refractivity contribution is 0.607. The molecule has 2 unspecified atom stereocenters. The van der Waals surface area contributed by atoms with Crippen molar-refractivity contribution >= 4 is 5.96 Å². The summed E-state index contributed by atoms with van der Waals surface area (Å²) in [6.07, 6.45) is 2.08. The fraction of sp³-hybridized carbons (Fsp3) is 0.462. The van der Waals surface area contributed by atoms with Crippen LogP contribution in [0.15, 0.2) is 29.3 Å². The van der Waals surface area contributed by atoms with Crippen molar-refractivity contribution in [3.63, 3.8) is 0 Å². The Morgan fingerprint density at radius 3 is 3.00 bits per heavy atom. The van der Waals surface area contributed by atoms with Crippen LogP contribution in [0.4, 0.5) is 4.39 Å². The Balaban J connectivity index is 1.63. The SMILES string of the molecule is Fc1ccccc1C1CC1NC1=NCCCN1. The van der Waals surface area contributed by atoms with Crippen LogP contribution in [0, 0.1) is 5.82 Å². The van der Waals surface area contributed by atoms with Crippen LogP contribution in [-0.2, 0) is 0 Å². The Hall–Kier alpha value is -1.58. The molecule has 2 aliphatic rings. The van der Waals surface area contributed by atoms with E-state index in [9.17, 15) is 4.39 Å². The molecule has 1 aliphatic heterocycles. The van der Waals surface area contributed by atoms with E-state index >= 15 is 0 Å². The van der Waals surface area contributed by atoms with E-state index in [4.69, 9.17) is 0 Å². The number of halogens is 1. The minimum Gasteiger partial charge on any atom is -0.356 e. The third-order valence-electron chi connectivity index (χ3n) is 3.31. The third-order valence-corrected chi connectivity index (χ3v) is 3.31. The van der Waals surface area contributed by atoms with Gasteiger partial charge in [0.25, 0.3) is 0 Å². The van der Waals surface area contributed by atoms with Crippen LogP contribution in [0.25, 0.3) is 0 Å². The van der Waals surface area contributed by atoms with Gasteiger partial charge in [-0.3, -0.25) is 4.99 Å². The van der Waals surface area contributed by atoms with Crippen molar-refractivity contribution in [2.24, 2.45) is 4.99 Å². The molecule has 1 aromatic carbocycles. The minimum atomic E-state index is -0.0969. The molecule has 1 saturated carbocycles. The van der Waals surface area contributed by atoms with E-state index in [1.807, 2.05) is 12.1 Å². The van der Waals surface area contributed by atoms with E-state index in [2.05, 4.69) is 15.6 Å². The van der Waals surface area contributed by atoms with E-state index < -0.39 is 0 Å². The van der Waals surface area contributed by atoms with E-state index in [0.29, 0.717) is 12.0 Å². The topological polar surface area (TPSA) is 36.4 Å². The van der Waals surface area contributed by atoms with Crippen LogP contribution in [-0.4, -0.2) is 25.1 Å². The van der Waals surface area contributed by atoms with Crippen LogP contribution < -0.4 is 10.6 Å². The Morgan fingerprint density at radius 2 is 2.24 bits per heavy atom. The monoisotopic (exact) mass is 233 g/mol. The highest BCUT2D eigenvalue weighted by Gasteiger charge is 2.40. The first-order chi connectivity index (χ1) is 8.34. The lowest BCUT2D eigenvalue weighted by atomic mass is 10.1. The van der Waals surface area contributed by atoms with Crippen molar-refractivity contribution in [2.45, 2.75) is 24.8 Å². The van der Waals surface area contributed by atoms with Gasteiger partial charge in [0, 0.05) is 25.0 Å². The van der Waals surface area contributed by atoms with E-state index in [-0.39, 0.29) is 5.82 Å². The van der Waals surface area contributed by atoms with Crippen molar-refractivity contribution in [1.82, 2.24) is 10.6 Å². The van der Waals surface area contributed by atoms with Gasteiger partial charge in [-0.2, -0.15) is 0 Å². The average Bonchev–Trinajstić information content (AvgIpc) is 3.10. The second-order valence-electron chi connectivity index (χ2n) is 4.63. The predicted octanol–water partition coefficient (Wildman–Crippen LogP) is 1.62. The summed E-state index contributed by atoms with van der Waals surface area (Å²) < 4.78 is 13.6. The number of aliphatic imine (C=N–C) groups is 1. The zero-order chi connectivity index (χ0) is 11.7. The van der Waals surface area contributed by atoms with Crippen LogP contribution in [0.2, 0.25) is 0 Å². The van der Waals surface area contributed by atoms with Gasteiger partial charge in [-0.15, -0.1) is 0 Å². The third kappa shape index (κ3) is 2.25. The molecule has 1 aliphatic carbocycles. The van der Waals surface area contributed by atoms with E-state index in [1.54, 1.807) is 6.07 Å². The van der Waals surface area contributed by atoms with Gasteiger partial charge in [0.2, 0.25) is 0 Å². The Kier molecular flexibility index (Phi) is 2.71. The van der Waals surface area contributed by atoms with Gasteiger partial charge in [-0.25, -0.2) is 4.39 Å². The number of nitrogens with one attached hydrogen (secondary N) is 2. The van der Waals surface area contributed by atoms with Gasteiger partial charge in [0.05, 0.1) is 0 Å². The number of hydrogen-bond acceptors (Lipinski definition) is 3. The summed E-state index contributed by atoms with van der Waals surface area (Å²) in [4.78, 5) is 4.36. The van der Waals surface area contributed by atoms with Crippen molar-refractivity contribution in [3.05, 3.63) is 35.6 Å². The average molecular weight is 233 g/mol. The maximum absolute atomic E-state index is 13.6. The van der Waals surface area contributed by atoms with Crippen molar-refractivity contribution in [2.75, 3.05) is 13.1 Å². The fourth-order valence-electron chi connectivity index (χ4n) is 2.28. The standard InChI is InChI=1S/C13H16FN3/c14-11-5-2-1-4-9(11)10-8-12(10)17-13-15-6-3-7-16-13/h1-2,4-5,10,12H,3,6-8H2,(H2,15,16,17). The molecule has 1 fully saturated rings. The highest BCUT2D eigenvalue weighted by molar-refractivity contribution is 5.81. The molecule has 1 heterocycles. The van der Waals surface area contributed by atoms with E-state index in [0.717, 1.165) is 37.5 Å². The second kappa shape index (κ2) is 4.35. The largest absolute Gasteiger partial charge is 0.356 e. The van der Waals surface area contributed by atoms with Gasteiger partial charge < -0.3 is 10.6 Å². The number of benzene rings is 1. The Morgan fingerprint density at radius 1 is 1.35 bits per heavy atom. The highest BCUT2D eigenvalue weighted by atomic mass is 19.1. The zero-order valence-electron chi connectivity index (χ0n) is 9.62. The molecule has 0 spiro atoms. The van der Waals surface area contributed by atoms with Gasteiger partial charge in [-0.1, -0.05) is 18.2 Å². The normalized spacial score (nSPS) is 27.0. The van der Waals surface area contributed by atoms with E-state index in [1.165, 1.54) is 6.07 Å². The summed E-state index contributed by atoms with van der Waals surface area (Å²) in [5, 5.41) is 6.56. The first-order valence-corrected chi connectivity index (χ1v) is 6.14. The molecule has 2 atom stereocenters. The quantitative estimate of drug-likeness (QED) is 0.814.